The fourth-order valence-electron chi connectivity index (χ4n) is 2.83. The van der Waals surface area contributed by atoms with Crippen molar-refractivity contribution in [2.45, 2.75) is 52.0 Å². The number of hydrogen-bond donors (Lipinski definition) is 2. The lowest BCUT2D eigenvalue weighted by Crippen LogP contribution is -2.39. The number of carbonyl (C=O) groups excluding carboxylic acids is 1. The number of anilines is 1. The van der Waals surface area contributed by atoms with Crippen LogP contribution in [0.4, 0.5) is 5.69 Å². The minimum Gasteiger partial charge on any atom is -0.398 e. The molecule has 0 bridgehead atoms. The van der Waals surface area contributed by atoms with E-state index in [1.807, 2.05) is 19.1 Å². The van der Waals surface area contributed by atoms with Crippen LogP contribution in [0.2, 0.25) is 0 Å². The Kier molecular flexibility index (Phi) is 4.46. The number of hydrogen-bond acceptors (Lipinski definition) is 2. The van der Waals surface area contributed by atoms with Crippen LogP contribution in [0.15, 0.2) is 18.2 Å². The fraction of sp³-hybridized carbons (Fsp3) is 0.562. The summed E-state index contributed by atoms with van der Waals surface area (Å²) >= 11 is 0. The van der Waals surface area contributed by atoms with Gasteiger partial charge in [0.15, 0.2) is 0 Å². The van der Waals surface area contributed by atoms with E-state index in [9.17, 15) is 4.79 Å². The molecule has 19 heavy (non-hydrogen) atoms. The second-order valence-corrected chi connectivity index (χ2v) is 5.73. The summed E-state index contributed by atoms with van der Waals surface area (Å²) in [6.45, 7) is 4.16. The third-order valence-corrected chi connectivity index (χ3v) is 4.25. The molecule has 0 heterocycles. The molecule has 0 aliphatic heterocycles. The zero-order valence-electron chi connectivity index (χ0n) is 11.9. The van der Waals surface area contributed by atoms with Crippen molar-refractivity contribution in [1.82, 2.24) is 5.32 Å². The second-order valence-electron chi connectivity index (χ2n) is 5.73. The van der Waals surface area contributed by atoms with Crippen molar-refractivity contribution in [3.8, 4) is 0 Å². The van der Waals surface area contributed by atoms with Crippen LogP contribution in [-0.4, -0.2) is 11.9 Å². The zero-order valence-corrected chi connectivity index (χ0v) is 11.9. The van der Waals surface area contributed by atoms with Crippen LogP contribution in [0.1, 0.15) is 54.9 Å². The predicted octanol–water partition coefficient (Wildman–Crippen LogP) is 3.28. The quantitative estimate of drug-likeness (QED) is 0.633. The number of para-hydroxylation sites is 1. The van der Waals surface area contributed by atoms with Crippen LogP contribution < -0.4 is 11.1 Å². The van der Waals surface area contributed by atoms with Gasteiger partial charge in [-0.05, 0) is 37.3 Å². The van der Waals surface area contributed by atoms with E-state index >= 15 is 0 Å². The molecule has 1 aliphatic rings. The first-order chi connectivity index (χ1) is 9.09. The Morgan fingerprint density at radius 2 is 2.00 bits per heavy atom. The molecule has 3 heteroatoms. The highest BCUT2D eigenvalue weighted by molar-refractivity contribution is 5.99. The summed E-state index contributed by atoms with van der Waals surface area (Å²) < 4.78 is 0. The monoisotopic (exact) mass is 260 g/mol. The van der Waals surface area contributed by atoms with Gasteiger partial charge in [-0.25, -0.2) is 0 Å². The van der Waals surface area contributed by atoms with Gasteiger partial charge in [-0.15, -0.1) is 0 Å². The van der Waals surface area contributed by atoms with Crippen molar-refractivity contribution < 1.29 is 4.79 Å². The van der Waals surface area contributed by atoms with Crippen LogP contribution in [-0.2, 0) is 0 Å². The Hall–Kier alpha value is -1.51. The first-order valence-electron chi connectivity index (χ1n) is 7.25. The molecule has 3 nitrogen and oxygen atoms in total. The van der Waals surface area contributed by atoms with Crippen LogP contribution >= 0.6 is 0 Å². The number of carbonyl (C=O) groups is 1. The number of nitrogens with two attached hydrogens (primary N) is 1. The standard InChI is InChI=1S/C16H24N2O/c1-11-7-4-3-5-10-14(11)18-16(19)13-9-6-8-12(2)15(13)17/h6,8-9,11,14H,3-5,7,10,17H2,1-2H3,(H,18,19). The molecule has 104 valence electrons. The molecule has 2 rings (SSSR count). The molecule has 3 N–H and O–H groups in total. The molecule has 2 unspecified atom stereocenters. The Bertz CT molecular complexity index is 456. The van der Waals surface area contributed by atoms with Gasteiger partial charge in [0.05, 0.1) is 5.56 Å². The third kappa shape index (κ3) is 3.28. The number of nitrogens with one attached hydrogen (secondary N) is 1. The lowest BCUT2D eigenvalue weighted by molar-refractivity contribution is 0.0922. The highest BCUT2D eigenvalue weighted by Crippen LogP contribution is 2.24. The van der Waals surface area contributed by atoms with Gasteiger partial charge in [0.1, 0.15) is 0 Å². The fourth-order valence-corrected chi connectivity index (χ4v) is 2.83. The van der Waals surface area contributed by atoms with Crippen LogP contribution in [0, 0.1) is 12.8 Å². The van der Waals surface area contributed by atoms with Crippen LogP contribution in [0.25, 0.3) is 0 Å². The van der Waals surface area contributed by atoms with Gasteiger partial charge < -0.3 is 11.1 Å². The number of amides is 1. The molecule has 0 aromatic heterocycles. The lowest BCUT2D eigenvalue weighted by Gasteiger charge is -2.23. The average Bonchev–Trinajstić information content (AvgIpc) is 2.58. The summed E-state index contributed by atoms with van der Waals surface area (Å²) in [5.41, 5.74) is 8.16. The highest BCUT2D eigenvalue weighted by Gasteiger charge is 2.22. The number of aryl methyl sites for hydroxylation is 1. The van der Waals surface area contributed by atoms with Gasteiger partial charge in [-0.3, -0.25) is 4.79 Å². The summed E-state index contributed by atoms with van der Waals surface area (Å²) in [6, 6.07) is 5.91. The van der Waals surface area contributed by atoms with Crippen molar-refractivity contribution in [2.24, 2.45) is 5.92 Å². The maximum Gasteiger partial charge on any atom is 0.253 e. The molecule has 0 saturated heterocycles. The molecule has 1 amide bonds. The van der Waals surface area contributed by atoms with Crippen LogP contribution in [0.3, 0.4) is 0 Å². The van der Waals surface area contributed by atoms with Crippen molar-refractivity contribution >= 4 is 11.6 Å². The Morgan fingerprint density at radius 3 is 2.79 bits per heavy atom. The van der Waals surface area contributed by atoms with E-state index in [4.69, 9.17) is 5.73 Å². The van der Waals surface area contributed by atoms with Crippen molar-refractivity contribution in [1.29, 1.82) is 0 Å². The minimum absolute atomic E-state index is 0.0278. The summed E-state index contributed by atoms with van der Waals surface area (Å²) in [4.78, 5) is 12.4. The normalized spacial score (nSPS) is 23.7. The summed E-state index contributed by atoms with van der Waals surface area (Å²) in [7, 11) is 0. The molecule has 1 aliphatic carbocycles. The first kappa shape index (κ1) is 13.9. The number of nitrogen functional groups attached to an aromatic ring is 1. The van der Waals surface area contributed by atoms with E-state index in [0.29, 0.717) is 17.2 Å². The molecule has 1 saturated carbocycles. The van der Waals surface area contributed by atoms with Crippen LogP contribution in [0.5, 0.6) is 0 Å². The Morgan fingerprint density at radius 1 is 1.26 bits per heavy atom. The van der Waals surface area contributed by atoms with Gasteiger partial charge in [-0.2, -0.15) is 0 Å². The van der Waals surface area contributed by atoms with Gasteiger partial charge in [-0.1, -0.05) is 38.3 Å². The Balaban J connectivity index is 2.09. The van der Waals surface area contributed by atoms with Gasteiger partial charge in [0.2, 0.25) is 0 Å². The molecule has 1 aromatic rings. The minimum atomic E-state index is -0.0278. The van der Waals surface area contributed by atoms with E-state index in [2.05, 4.69) is 12.2 Å². The summed E-state index contributed by atoms with van der Waals surface area (Å²) in [5.74, 6) is 0.525. The maximum absolute atomic E-state index is 12.4. The number of benzene rings is 1. The molecular weight excluding hydrogens is 236 g/mol. The molecule has 0 spiro atoms. The molecular formula is C16H24N2O. The topological polar surface area (TPSA) is 55.1 Å². The maximum atomic E-state index is 12.4. The largest absolute Gasteiger partial charge is 0.398 e. The van der Waals surface area contributed by atoms with Crippen molar-refractivity contribution in [3.05, 3.63) is 29.3 Å². The van der Waals surface area contributed by atoms with E-state index in [1.54, 1.807) is 6.07 Å². The van der Waals surface area contributed by atoms with Gasteiger partial charge >= 0.3 is 0 Å². The average molecular weight is 260 g/mol. The van der Waals surface area contributed by atoms with E-state index < -0.39 is 0 Å². The smallest absolute Gasteiger partial charge is 0.253 e. The lowest BCUT2D eigenvalue weighted by atomic mass is 9.96. The Labute approximate surface area is 115 Å². The molecule has 0 radical (unpaired) electrons. The predicted molar refractivity (Wildman–Crippen MR) is 79.1 cm³/mol. The third-order valence-electron chi connectivity index (χ3n) is 4.25. The number of rotatable bonds is 2. The van der Waals surface area contributed by atoms with Crippen molar-refractivity contribution in [2.75, 3.05) is 5.73 Å². The highest BCUT2D eigenvalue weighted by atomic mass is 16.1. The summed E-state index contributed by atoms with van der Waals surface area (Å²) in [6.07, 6.45) is 6.05. The first-order valence-corrected chi connectivity index (χ1v) is 7.25. The SMILES string of the molecule is Cc1cccc(C(=O)NC2CCCCCC2C)c1N. The van der Waals surface area contributed by atoms with Gasteiger partial charge in [0.25, 0.3) is 5.91 Å². The molecule has 2 atom stereocenters. The van der Waals surface area contributed by atoms with Gasteiger partial charge in [0, 0.05) is 11.7 Å². The van der Waals surface area contributed by atoms with E-state index in [-0.39, 0.29) is 11.9 Å². The van der Waals surface area contributed by atoms with E-state index in [0.717, 1.165) is 12.0 Å². The molecule has 1 fully saturated rings. The van der Waals surface area contributed by atoms with E-state index in [1.165, 1.54) is 25.7 Å². The zero-order chi connectivity index (χ0) is 13.8. The van der Waals surface area contributed by atoms with Crippen molar-refractivity contribution in [3.63, 3.8) is 0 Å². The summed E-state index contributed by atoms with van der Waals surface area (Å²) in [5, 5.41) is 3.17. The second kappa shape index (κ2) is 6.09. The molecule has 1 aromatic carbocycles.